The first-order valence-corrected chi connectivity index (χ1v) is 7.44. The number of thioether (sulfide) groups is 1. The summed E-state index contributed by atoms with van der Waals surface area (Å²) in [6.45, 7) is 6.90. The van der Waals surface area contributed by atoms with Gasteiger partial charge >= 0.3 is 5.97 Å². The number of nitrogens with zero attached hydrogens (tertiary/aromatic N) is 1. The first-order valence-electron chi connectivity index (χ1n) is 6.46. The fourth-order valence-electron chi connectivity index (χ4n) is 1.72. The molecule has 0 amide bonds. The highest BCUT2D eigenvalue weighted by molar-refractivity contribution is 7.99. The Morgan fingerprint density at radius 1 is 1.47 bits per heavy atom. The lowest BCUT2D eigenvalue weighted by Crippen LogP contribution is -2.40. The molecule has 0 radical (unpaired) electrons. The second-order valence-corrected chi connectivity index (χ2v) is 5.51. The van der Waals surface area contributed by atoms with Gasteiger partial charge in [-0.1, -0.05) is 6.92 Å². The zero-order chi connectivity index (χ0) is 14.3. The van der Waals surface area contributed by atoms with Gasteiger partial charge in [0.25, 0.3) is 0 Å². The zero-order valence-electron chi connectivity index (χ0n) is 12.0. The highest BCUT2D eigenvalue weighted by Gasteiger charge is 2.18. The first-order chi connectivity index (χ1) is 9.06. The Hall–Kier alpha value is -1.07. The van der Waals surface area contributed by atoms with E-state index in [1.807, 2.05) is 26.0 Å². The van der Waals surface area contributed by atoms with Crippen LogP contribution in [0.15, 0.2) is 17.2 Å². The van der Waals surface area contributed by atoms with Crippen molar-refractivity contribution >= 4 is 17.7 Å². The van der Waals surface area contributed by atoms with Gasteiger partial charge in [-0.2, -0.15) is 0 Å². The minimum absolute atomic E-state index is 0.217. The molecule has 1 aromatic rings. The summed E-state index contributed by atoms with van der Waals surface area (Å²) < 4.78 is 4.81. The molecule has 19 heavy (non-hydrogen) atoms. The smallest absolute Gasteiger partial charge is 0.323 e. The quantitative estimate of drug-likeness (QED) is 0.614. The average Bonchev–Trinajstić information content (AvgIpc) is 2.37. The van der Waals surface area contributed by atoms with E-state index in [9.17, 15) is 4.79 Å². The molecule has 1 unspecified atom stereocenters. The van der Waals surface area contributed by atoms with Crippen LogP contribution in [0.4, 0.5) is 0 Å². The number of hydrogen-bond donors (Lipinski definition) is 1. The number of carbonyl (C=O) groups excluding carboxylic acids is 1. The minimum atomic E-state index is -0.280. The van der Waals surface area contributed by atoms with Crippen LogP contribution in [0, 0.1) is 13.8 Å². The van der Waals surface area contributed by atoms with Crippen LogP contribution in [0.1, 0.15) is 24.6 Å². The van der Waals surface area contributed by atoms with E-state index < -0.39 is 0 Å². The van der Waals surface area contributed by atoms with Crippen molar-refractivity contribution in [2.75, 3.05) is 19.4 Å². The summed E-state index contributed by atoms with van der Waals surface area (Å²) in [5.41, 5.74) is 2.18. The third-order valence-corrected chi connectivity index (χ3v) is 3.60. The molecule has 5 heteroatoms. The Bertz CT molecular complexity index is 404. The third kappa shape index (κ3) is 5.61. The number of ether oxygens (including phenoxy) is 1. The lowest BCUT2D eigenvalue weighted by molar-refractivity contribution is -0.142. The molecule has 0 aromatic carbocycles. The molecule has 0 fully saturated rings. The van der Waals surface area contributed by atoms with Crippen LogP contribution in [0.2, 0.25) is 0 Å². The number of hydrogen-bond acceptors (Lipinski definition) is 5. The van der Waals surface area contributed by atoms with Crippen LogP contribution in [-0.2, 0) is 9.53 Å². The molecule has 0 aliphatic carbocycles. The van der Waals surface area contributed by atoms with Gasteiger partial charge in [0.15, 0.2) is 0 Å². The molecule has 0 aliphatic heterocycles. The highest BCUT2D eigenvalue weighted by Crippen LogP contribution is 2.18. The molecule has 4 nitrogen and oxygen atoms in total. The molecule has 1 N–H and O–H groups in total. The van der Waals surface area contributed by atoms with Crippen molar-refractivity contribution in [3.63, 3.8) is 0 Å². The zero-order valence-corrected chi connectivity index (χ0v) is 12.8. The van der Waals surface area contributed by atoms with E-state index in [2.05, 4.69) is 17.2 Å². The van der Waals surface area contributed by atoms with Gasteiger partial charge in [0, 0.05) is 11.4 Å². The van der Waals surface area contributed by atoms with Crippen LogP contribution < -0.4 is 5.32 Å². The highest BCUT2D eigenvalue weighted by atomic mass is 32.2. The first kappa shape index (κ1) is 16.0. The SMILES string of the molecule is CCCNC(CSc1cc(C)cc(C)n1)C(=O)OC. The van der Waals surface area contributed by atoms with E-state index >= 15 is 0 Å². The maximum Gasteiger partial charge on any atom is 0.323 e. The Labute approximate surface area is 119 Å². The Kier molecular flexibility index (Phi) is 6.87. The fraction of sp³-hybridized carbons (Fsp3) is 0.571. The minimum Gasteiger partial charge on any atom is -0.468 e. The molecule has 0 bridgehead atoms. The van der Waals surface area contributed by atoms with E-state index in [-0.39, 0.29) is 12.0 Å². The van der Waals surface area contributed by atoms with E-state index in [1.54, 1.807) is 11.8 Å². The third-order valence-electron chi connectivity index (χ3n) is 2.60. The number of aromatic nitrogens is 1. The lowest BCUT2D eigenvalue weighted by Gasteiger charge is -2.15. The predicted molar refractivity (Wildman–Crippen MR) is 78.5 cm³/mol. The van der Waals surface area contributed by atoms with Crippen molar-refractivity contribution < 1.29 is 9.53 Å². The van der Waals surface area contributed by atoms with Crippen LogP contribution in [0.25, 0.3) is 0 Å². The second kappa shape index (κ2) is 8.17. The number of methoxy groups -OCH3 is 1. The van der Waals surface area contributed by atoms with Gasteiger partial charge in [-0.05, 0) is 44.5 Å². The summed E-state index contributed by atoms with van der Waals surface area (Å²) in [5.74, 6) is 0.410. The fourth-order valence-corrected chi connectivity index (χ4v) is 2.79. The van der Waals surface area contributed by atoms with Crippen LogP contribution >= 0.6 is 11.8 Å². The Morgan fingerprint density at radius 2 is 2.21 bits per heavy atom. The summed E-state index contributed by atoms with van der Waals surface area (Å²) >= 11 is 1.58. The lowest BCUT2D eigenvalue weighted by atomic mass is 10.3. The maximum atomic E-state index is 11.7. The van der Waals surface area contributed by atoms with Crippen molar-refractivity contribution in [2.45, 2.75) is 38.3 Å². The summed E-state index contributed by atoms with van der Waals surface area (Å²) in [5, 5.41) is 4.15. The molecule has 1 heterocycles. The van der Waals surface area contributed by atoms with Crippen molar-refractivity contribution in [1.29, 1.82) is 0 Å². The summed E-state index contributed by atoms with van der Waals surface area (Å²) in [6.07, 6.45) is 0.986. The Morgan fingerprint density at radius 3 is 2.79 bits per heavy atom. The number of nitrogens with one attached hydrogen (secondary N) is 1. The summed E-state index contributed by atoms with van der Waals surface area (Å²) in [4.78, 5) is 16.1. The maximum absolute atomic E-state index is 11.7. The molecule has 0 saturated carbocycles. The normalized spacial score (nSPS) is 12.2. The molecular formula is C14H22N2O2S. The summed E-state index contributed by atoms with van der Waals surface area (Å²) in [6, 6.07) is 3.79. The largest absolute Gasteiger partial charge is 0.468 e. The van der Waals surface area contributed by atoms with Gasteiger partial charge in [0.2, 0.25) is 0 Å². The average molecular weight is 282 g/mol. The number of pyridine rings is 1. The van der Waals surface area contributed by atoms with Crippen LogP contribution in [-0.4, -0.2) is 36.4 Å². The molecule has 0 saturated heterocycles. The van der Waals surface area contributed by atoms with Crippen molar-refractivity contribution in [2.24, 2.45) is 0 Å². The molecule has 1 atom stereocenters. The predicted octanol–water partition coefficient (Wildman–Crippen LogP) is 2.33. The van der Waals surface area contributed by atoms with E-state index in [1.165, 1.54) is 12.7 Å². The van der Waals surface area contributed by atoms with Gasteiger partial charge in [-0.15, -0.1) is 11.8 Å². The molecular weight excluding hydrogens is 260 g/mol. The molecule has 106 valence electrons. The van der Waals surface area contributed by atoms with Gasteiger partial charge in [0.1, 0.15) is 6.04 Å². The van der Waals surface area contributed by atoms with Crippen LogP contribution in [0.3, 0.4) is 0 Å². The van der Waals surface area contributed by atoms with E-state index in [4.69, 9.17) is 4.74 Å². The monoisotopic (exact) mass is 282 g/mol. The molecule has 0 aliphatic rings. The van der Waals surface area contributed by atoms with Crippen molar-refractivity contribution in [3.05, 3.63) is 23.4 Å². The van der Waals surface area contributed by atoms with Gasteiger partial charge in [-0.3, -0.25) is 4.79 Å². The van der Waals surface area contributed by atoms with Crippen molar-refractivity contribution in [3.8, 4) is 0 Å². The van der Waals surface area contributed by atoms with E-state index in [0.29, 0.717) is 5.75 Å². The second-order valence-electron chi connectivity index (χ2n) is 4.46. The van der Waals surface area contributed by atoms with Crippen LogP contribution in [0.5, 0.6) is 0 Å². The van der Waals surface area contributed by atoms with E-state index in [0.717, 1.165) is 23.7 Å². The number of aryl methyl sites for hydroxylation is 2. The van der Waals surface area contributed by atoms with Gasteiger partial charge in [0.05, 0.1) is 12.1 Å². The molecule has 1 rings (SSSR count). The number of rotatable bonds is 7. The summed E-state index contributed by atoms with van der Waals surface area (Å²) in [7, 11) is 1.42. The Balaban J connectivity index is 2.61. The molecule has 0 spiro atoms. The standard InChI is InChI=1S/C14H22N2O2S/c1-5-6-15-12(14(17)18-4)9-19-13-8-10(2)7-11(3)16-13/h7-8,12,15H,5-6,9H2,1-4H3. The molecule has 1 aromatic heterocycles. The van der Waals surface area contributed by atoms with Gasteiger partial charge in [-0.25, -0.2) is 4.98 Å². The van der Waals surface area contributed by atoms with Gasteiger partial charge < -0.3 is 10.1 Å². The van der Waals surface area contributed by atoms with Crippen molar-refractivity contribution in [1.82, 2.24) is 10.3 Å². The number of esters is 1. The number of carbonyl (C=O) groups is 1. The topological polar surface area (TPSA) is 51.2 Å².